The van der Waals surface area contributed by atoms with Crippen LogP contribution in [-0.4, -0.2) is 15.9 Å². The highest BCUT2D eigenvalue weighted by molar-refractivity contribution is 7.15. The molecular weight excluding hydrogens is 414 g/mol. The number of thiazole rings is 1. The molecule has 0 saturated heterocycles. The maximum atomic E-state index is 12.4. The van der Waals surface area contributed by atoms with Gasteiger partial charge < -0.3 is 5.32 Å². The van der Waals surface area contributed by atoms with Gasteiger partial charge in [-0.25, -0.2) is 9.97 Å². The molecule has 150 valence electrons. The lowest BCUT2D eigenvalue weighted by atomic mass is 10.1. The van der Waals surface area contributed by atoms with Crippen LogP contribution >= 0.6 is 22.9 Å². The van der Waals surface area contributed by atoms with Gasteiger partial charge in [0.05, 0.1) is 22.0 Å². The highest BCUT2D eigenvalue weighted by Gasteiger charge is 2.15. The average molecular weight is 434 g/mol. The van der Waals surface area contributed by atoms with Crippen molar-refractivity contribution in [2.45, 2.75) is 19.8 Å². The minimum Gasteiger partial charge on any atom is -0.310 e. The maximum Gasteiger partial charge on any atom is 0.229 e. The summed E-state index contributed by atoms with van der Waals surface area (Å²) in [6, 6.07) is 21.2. The molecule has 0 unspecified atom stereocenters. The predicted molar refractivity (Wildman–Crippen MR) is 124 cm³/mol. The summed E-state index contributed by atoms with van der Waals surface area (Å²) in [5, 5.41) is 4.65. The second-order valence-corrected chi connectivity index (χ2v) is 8.31. The fourth-order valence-corrected chi connectivity index (χ4v) is 4.27. The largest absolute Gasteiger partial charge is 0.310 e. The third-order valence-electron chi connectivity index (χ3n) is 4.59. The number of nitrogens with zero attached hydrogens (tertiary/aromatic N) is 2. The zero-order chi connectivity index (χ0) is 20.9. The zero-order valence-corrected chi connectivity index (χ0v) is 18.0. The van der Waals surface area contributed by atoms with Crippen LogP contribution in [0.4, 0.5) is 5.82 Å². The molecule has 0 radical (unpaired) electrons. The van der Waals surface area contributed by atoms with Gasteiger partial charge in [-0.15, -0.1) is 11.3 Å². The zero-order valence-electron chi connectivity index (χ0n) is 16.4. The summed E-state index contributed by atoms with van der Waals surface area (Å²) in [7, 11) is 0. The van der Waals surface area contributed by atoms with Crippen LogP contribution in [0.3, 0.4) is 0 Å². The number of anilines is 1. The molecule has 0 bridgehead atoms. The number of carbonyl (C=O) groups excluding carboxylic acids is 1. The molecule has 4 rings (SSSR count). The summed E-state index contributed by atoms with van der Waals surface area (Å²) in [6.07, 6.45) is 2.88. The van der Waals surface area contributed by atoms with Gasteiger partial charge in [0, 0.05) is 16.8 Å². The molecule has 0 spiro atoms. The van der Waals surface area contributed by atoms with Crippen molar-refractivity contribution in [3.8, 4) is 21.7 Å². The number of aromatic nitrogens is 2. The van der Waals surface area contributed by atoms with Crippen molar-refractivity contribution in [3.05, 3.63) is 88.5 Å². The first-order valence-corrected chi connectivity index (χ1v) is 10.9. The normalized spacial score (nSPS) is 10.7. The van der Waals surface area contributed by atoms with E-state index in [9.17, 15) is 4.79 Å². The first-order valence-electron chi connectivity index (χ1n) is 9.68. The molecule has 6 heteroatoms. The van der Waals surface area contributed by atoms with Gasteiger partial charge in [0.15, 0.2) is 0 Å². The van der Waals surface area contributed by atoms with Crippen molar-refractivity contribution >= 4 is 34.7 Å². The molecule has 0 aliphatic heterocycles. The van der Waals surface area contributed by atoms with Crippen molar-refractivity contribution in [1.82, 2.24) is 9.97 Å². The van der Waals surface area contributed by atoms with E-state index in [2.05, 4.69) is 17.2 Å². The fourth-order valence-electron chi connectivity index (χ4n) is 3.12. The van der Waals surface area contributed by atoms with Gasteiger partial charge >= 0.3 is 0 Å². The fraction of sp³-hybridized carbons (Fsp3) is 0.125. The summed E-state index contributed by atoms with van der Waals surface area (Å²) in [4.78, 5) is 22.6. The molecule has 2 aromatic heterocycles. The Balaban J connectivity index is 1.61. The first-order chi connectivity index (χ1) is 14.6. The van der Waals surface area contributed by atoms with Crippen molar-refractivity contribution in [1.29, 1.82) is 0 Å². The Hall–Kier alpha value is -3.02. The van der Waals surface area contributed by atoms with E-state index in [0.717, 1.165) is 38.7 Å². The van der Waals surface area contributed by atoms with Gasteiger partial charge in [-0.3, -0.25) is 4.79 Å². The molecule has 0 saturated carbocycles. The van der Waals surface area contributed by atoms with Gasteiger partial charge in [0.25, 0.3) is 0 Å². The number of hydrogen-bond donors (Lipinski definition) is 1. The summed E-state index contributed by atoms with van der Waals surface area (Å²) < 4.78 is 0. The van der Waals surface area contributed by atoms with Gasteiger partial charge in [-0.1, -0.05) is 61.0 Å². The monoisotopic (exact) mass is 433 g/mol. The number of rotatable bonds is 6. The van der Waals surface area contributed by atoms with Crippen molar-refractivity contribution in [3.63, 3.8) is 0 Å². The molecule has 0 aliphatic carbocycles. The SMILES string of the molecule is CCc1nc(-c2ccc(Cl)cc2)c(-c2ccnc(NC(=O)Cc3ccccc3)c2)s1. The molecule has 4 nitrogen and oxygen atoms in total. The number of amides is 1. The Bertz CT molecular complexity index is 1160. The van der Waals surface area contributed by atoms with Crippen LogP contribution in [0.5, 0.6) is 0 Å². The van der Waals surface area contributed by atoms with E-state index in [1.54, 1.807) is 17.5 Å². The number of benzene rings is 2. The van der Waals surface area contributed by atoms with Gasteiger partial charge in [-0.05, 0) is 41.8 Å². The average Bonchev–Trinajstić information content (AvgIpc) is 3.20. The number of halogens is 1. The van der Waals surface area contributed by atoms with E-state index in [0.29, 0.717) is 17.3 Å². The molecule has 0 fully saturated rings. The van der Waals surface area contributed by atoms with Crippen molar-refractivity contribution in [2.24, 2.45) is 0 Å². The topological polar surface area (TPSA) is 54.9 Å². The van der Waals surface area contributed by atoms with Crippen LogP contribution in [0.1, 0.15) is 17.5 Å². The Kier molecular flexibility index (Phi) is 6.21. The molecule has 0 atom stereocenters. The van der Waals surface area contributed by atoms with E-state index in [1.165, 1.54) is 0 Å². The number of carbonyl (C=O) groups is 1. The minimum absolute atomic E-state index is 0.0951. The van der Waals surface area contributed by atoms with Crippen LogP contribution in [-0.2, 0) is 17.6 Å². The van der Waals surface area contributed by atoms with Crippen molar-refractivity contribution in [2.75, 3.05) is 5.32 Å². The van der Waals surface area contributed by atoms with E-state index in [1.807, 2.05) is 66.7 Å². The number of nitrogens with one attached hydrogen (secondary N) is 1. The molecule has 30 heavy (non-hydrogen) atoms. The second-order valence-electron chi connectivity index (χ2n) is 6.79. The van der Waals surface area contributed by atoms with Crippen LogP contribution < -0.4 is 5.32 Å². The summed E-state index contributed by atoms with van der Waals surface area (Å²) in [5.41, 5.74) is 3.87. The van der Waals surface area contributed by atoms with E-state index in [4.69, 9.17) is 16.6 Å². The maximum absolute atomic E-state index is 12.4. The van der Waals surface area contributed by atoms with Gasteiger partial charge in [0.2, 0.25) is 5.91 Å². The molecule has 0 aliphatic rings. The van der Waals surface area contributed by atoms with Crippen molar-refractivity contribution < 1.29 is 4.79 Å². The summed E-state index contributed by atoms with van der Waals surface area (Å²) in [6.45, 7) is 2.09. The number of aryl methyl sites for hydroxylation is 1. The van der Waals surface area contributed by atoms with Gasteiger partial charge in [0.1, 0.15) is 5.82 Å². The molecule has 4 aromatic rings. The lowest BCUT2D eigenvalue weighted by molar-refractivity contribution is -0.115. The summed E-state index contributed by atoms with van der Waals surface area (Å²) in [5.74, 6) is 0.435. The second kappa shape index (κ2) is 9.20. The molecule has 1 amide bonds. The Morgan fingerprint density at radius 3 is 2.53 bits per heavy atom. The number of hydrogen-bond acceptors (Lipinski definition) is 4. The van der Waals surface area contributed by atoms with Crippen LogP contribution in [0, 0.1) is 0 Å². The van der Waals surface area contributed by atoms with Crippen LogP contribution in [0.2, 0.25) is 5.02 Å². The smallest absolute Gasteiger partial charge is 0.229 e. The highest BCUT2D eigenvalue weighted by atomic mass is 35.5. The molecule has 2 heterocycles. The van der Waals surface area contributed by atoms with Crippen LogP contribution in [0.25, 0.3) is 21.7 Å². The van der Waals surface area contributed by atoms with Gasteiger partial charge in [-0.2, -0.15) is 0 Å². The Morgan fingerprint density at radius 2 is 1.80 bits per heavy atom. The van der Waals surface area contributed by atoms with Crippen LogP contribution in [0.15, 0.2) is 72.9 Å². The van der Waals surface area contributed by atoms with E-state index < -0.39 is 0 Å². The Labute approximate surface area is 184 Å². The van der Waals surface area contributed by atoms with E-state index in [-0.39, 0.29) is 5.91 Å². The molecular formula is C24H20ClN3OS. The highest BCUT2D eigenvalue weighted by Crippen LogP contribution is 2.37. The molecule has 2 aromatic carbocycles. The predicted octanol–water partition coefficient (Wildman–Crippen LogP) is 6.27. The minimum atomic E-state index is -0.0951. The third kappa shape index (κ3) is 4.75. The standard InChI is InChI=1S/C24H20ClN3OS/c1-2-22-28-23(17-8-10-19(25)11-9-17)24(30-22)18-12-13-26-20(15-18)27-21(29)14-16-6-4-3-5-7-16/h3-13,15H,2,14H2,1H3,(H,26,27,29). The van der Waals surface area contributed by atoms with E-state index >= 15 is 0 Å². The lowest BCUT2D eigenvalue weighted by Crippen LogP contribution is -2.15. The first kappa shape index (κ1) is 20.3. The Morgan fingerprint density at radius 1 is 1.03 bits per heavy atom. The lowest BCUT2D eigenvalue weighted by Gasteiger charge is -2.07. The third-order valence-corrected chi connectivity index (χ3v) is 6.09. The quantitative estimate of drug-likeness (QED) is 0.390. The molecule has 1 N–H and O–H groups in total. The number of pyridine rings is 1. The summed E-state index contributed by atoms with van der Waals surface area (Å²) >= 11 is 7.71.